The molecular weight excluding hydrogens is 368 g/mol. The third-order valence-electron chi connectivity index (χ3n) is 3.45. The van der Waals surface area contributed by atoms with Gasteiger partial charge in [-0.15, -0.1) is 0 Å². The smallest absolute Gasteiger partial charge is 0.267 e. The summed E-state index contributed by atoms with van der Waals surface area (Å²) in [6.07, 6.45) is -0.641. The number of nitrogens with one attached hydrogen (secondary N) is 1. The average molecular weight is 380 g/mol. The second-order valence-electron chi connectivity index (χ2n) is 5.22. The first-order chi connectivity index (χ1) is 12.5. The van der Waals surface area contributed by atoms with Crippen LogP contribution in [0, 0.1) is 11.6 Å². The van der Waals surface area contributed by atoms with Gasteiger partial charge in [-0.25, -0.2) is 8.78 Å². The Morgan fingerprint density at radius 1 is 1.23 bits per heavy atom. The molecule has 0 fully saturated rings. The van der Waals surface area contributed by atoms with Crippen LogP contribution in [0.1, 0.15) is 18.9 Å². The molecule has 1 heterocycles. The van der Waals surface area contributed by atoms with E-state index < -0.39 is 23.4 Å². The van der Waals surface area contributed by atoms with Crippen LogP contribution in [0.3, 0.4) is 0 Å². The van der Waals surface area contributed by atoms with Crippen molar-refractivity contribution in [1.82, 2.24) is 10.1 Å². The summed E-state index contributed by atoms with van der Waals surface area (Å²) in [5.41, 5.74) is 0.0825. The second-order valence-corrected chi connectivity index (χ2v) is 5.66. The fourth-order valence-electron chi connectivity index (χ4n) is 2.17. The van der Waals surface area contributed by atoms with E-state index in [2.05, 4.69) is 10.1 Å². The zero-order valence-corrected chi connectivity index (χ0v) is 14.1. The van der Waals surface area contributed by atoms with Gasteiger partial charge in [0.25, 0.3) is 5.89 Å². The molecule has 1 aromatic heterocycles. The summed E-state index contributed by atoms with van der Waals surface area (Å²) < 4.78 is 38.3. The quantitative estimate of drug-likeness (QED) is 0.643. The highest BCUT2D eigenvalue weighted by Crippen LogP contribution is 2.31. The van der Waals surface area contributed by atoms with E-state index in [1.165, 1.54) is 0 Å². The Balaban J connectivity index is 1.81. The number of amides is 1. The first-order valence-electron chi connectivity index (χ1n) is 7.44. The van der Waals surface area contributed by atoms with Crippen molar-refractivity contribution in [2.45, 2.75) is 13.0 Å². The molecule has 3 rings (SSSR count). The molecule has 26 heavy (non-hydrogen) atoms. The minimum Gasteiger partial charge on any atom is -0.478 e. The van der Waals surface area contributed by atoms with Gasteiger partial charge < -0.3 is 14.6 Å². The van der Waals surface area contributed by atoms with Crippen LogP contribution >= 0.6 is 11.6 Å². The predicted octanol–water partition coefficient (Wildman–Crippen LogP) is 4.38. The zero-order valence-electron chi connectivity index (χ0n) is 13.4. The van der Waals surface area contributed by atoms with Crippen LogP contribution in [-0.2, 0) is 4.79 Å². The molecule has 0 bridgehead atoms. The van der Waals surface area contributed by atoms with Crippen molar-refractivity contribution in [3.8, 4) is 17.1 Å². The summed E-state index contributed by atoms with van der Waals surface area (Å²) in [6, 6.07) is 8.89. The number of anilines is 1. The fourth-order valence-corrected chi connectivity index (χ4v) is 2.30. The molecule has 1 unspecified atom stereocenters. The van der Waals surface area contributed by atoms with Crippen LogP contribution in [-0.4, -0.2) is 16.6 Å². The van der Waals surface area contributed by atoms with Gasteiger partial charge in [-0.3, -0.25) is 4.79 Å². The largest absolute Gasteiger partial charge is 0.478 e. The molecule has 0 saturated heterocycles. The van der Waals surface area contributed by atoms with Gasteiger partial charge in [-0.1, -0.05) is 16.8 Å². The molecule has 1 amide bonds. The first-order valence-corrected chi connectivity index (χ1v) is 7.81. The maximum absolute atomic E-state index is 14.2. The van der Waals surface area contributed by atoms with Gasteiger partial charge >= 0.3 is 0 Å². The Morgan fingerprint density at radius 3 is 2.65 bits per heavy atom. The van der Waals surface area contributed by atoms with Crippen LogP contribution in [0.25, 0.3) is 11.4 Å². The van der Waals surface area contributed by atoms with E-state index in [1.54, 1.807) is 31.2 Å². The maximum Gasteiger partial charge on any atom is 0.267 e. The van der Waals surface area contributed by atoms with E-state index in [1.807, 2.05) is 5.32 Å². The van der Waals surface area contributed by atoms with Crippen molar-refractivity contribution in [3.63, 3.8) is 0 Å². The molecule has 3 aromatic rings. The van der Waals surface area contributed by atoms with E-state index in [9.17, 15) is 13.6 Å². The van der Waals surface area contributed by atoms with Gasteiger partial charge in [0.15, 0.2) is 17.7 Å². The number of halogens is 3. The van der Waals surface area contributed by atoms with Crippen molar-refractivity contribution in [1.29, 1.82) is 0 Å². The van der Waals surface area contributed by atoms with Crippen LogP contribution in [0.4, 0.5) is 14.5 Å². The van der Waals surface area contributed by atoms with Crippen molar-refractivity contribution >= 4 is 23.7 Å². The number of benzene rings is 2. The highest BCUT2D eigenvalue weighted by Gasteiger charge is 2.21. The molecule has 0 spiro atoms. The lowest BCUT2D eigenvalue weighted by Gasteiger charge is -2.13. The Morgan fingerprint density at radius 2 is 1.96 bits per heavy atom. The summed E-state index contributed by atoms with van der Waals surface area (Å²) >= 11 is 5.83. The molecule has 0 aliphatic carbocycles. The van der Waals surface area contributed by atoms with Crippen LogP contribution in [0.5, 0.6) is 5.75 Å². The summed E-state index contributed by atoms with van der Waals surface area (Å²) in [6.45, 7) is 1.56. The third kappa shape index (κ3) is 3.65. The van der Waals surface area contributed by atoms with Gasteiger partial charge in [0.1, 0.15) is 11.5 Å². The number of hydrogen-bond donors (Lipinski definition) is 1. The Hall–Kier alpha value is -3.00. The van der Waals surface area contributed by atoms with Gasteiger partial charge in [-0.2, -0.15) is 4.98 Å². The molecule has 134 valence electrons. The predicted molar refractivity (Wildman–Crippen MR) is 89.8 cm³/mol. The van der Waals surface area contributed by atoms with Gasteiger partial charge in [-0.05, 0) is 43.3 Å². The number of carbonyl (C=O) groups is 1. The van der Waals surface area contributed by atoms with E-state index in [0.717, 1.165) is 12.1 Å². The second kappa shape index (κ2) is 7.49. The number of carbonyl (C=O) groups excluding carboxylic acids is 1. The minimum absolute atomic E-state index is 0.101. The molecule has 0 aliphatic heterocycles. The lowest BCUT2D eigenvalue weighted by molar-refractivity contribution is -0.105. The van der Waals surface area contributed by atoms with Crippen molar-refractivity contribution < 1.29 is 22.8 Å². The molecule has 0 saturated carbocycles. The monoisotopic (exact) mass is 379 g/mol. The zero-order chi connectivity index (χ0) is 18.7. The minimum atomic E-state index is -1.04. The van der Waals surface area contributed by atoms with E-state index in [0.29, 0.717) is 16.4 Å². The lowest BCUT2D eigenvalue weighted by Crippen LogP contribution is -2.07. The van der Waals surface area contributed by atoms with Crippen molar-refractivity contribution in [3.05, 3.63) is 58.9 Å². The van der Waals surface area contributed by atoms with Crippen molar-refractivity contribution in [2.75, 3.05) is 5.32 Å². The first kappa shape index (κ1) is 17.8. The average Bonchev–Trinajstić information content (AvgIpc) is 3.12. The molecule has 0 radical (unpaired) electrons. The Labute approximate surface area is 151 Å². The normalized spacial score (nSPS) is 11.8. The SMILES string of the molecule is CC(Oc1ccc(F)c(NC=O)c1F)c1nc(-c2ccc(Cl)cc2)no1. The molecule has 6 nitrogen and oxygen atoms in total. The summed E-state index contributed by atoms with van der Waals surface area (Å²) in [7, 11) is 0. The molecule has 0 aliphatic rings. The molecule has 2 aromatic carbocycles. The summed E-state index contributed by atoms with van der Waals surface area (Å²) in [4.78, 5) is 14.7. The lowest BCUT2D eigenvalue weighted by atomic mass is 10.2. The van der Waals surface area contributed by atoms with Crippen LogP contribution < -0.4 is 10.1 Å². The Kier molecular flexibility index (Phi) is 5.13. The van der Waals surface area contributed by atoms with Gasteiger partial charge in [0, 0.05) is 10.6 Å². The van der Waals surface area contributed by atoms with Crippen molar-refractivity contribution in [2.24, 2.45) is 0 Å². The number of aromatic nitrogens is 2. The van der Waals surface area contributed by atoms with E-state index in [4.69, 9.17) is 20.9 Å². The number of rotatable bonds is 6. The number of ether oxygens (including phenoxy) is 1. The molecule has 9 heteroatoms. The highest BCUT2D eigenvalue weighted by molar-refractivity contribution is 6.30. The highest BCUT2D eigenvalue weighted by atomic mass is 35.5. The van der Waals surface area contributed by atoms with Crippen LogP contribution in [0.2, 0.25) is 5.02 Å². The van der Waals surface area contributed by atoms with Gasteiger partial charge in [0.05, 0.1) is 0 Å². The number of nitrogens with zero attached hydrogens (tertiary/aromatic N) is 2. The third-order valence-corrected chi connectivity index (χ3v) is 3.71. The topological polar surface area (TPSA) is 77.2 Å². The fraction of sp³-hybridized carbons (Fsp3) is 0.118. The molecule has 1 N–H and O–H groups in total. The summed E-state index contributed by atoms with van der Waals surface area (Å²) in [5.74, 6) is -1.81. The molecular formula is C17H12ClF2N3O3. The van der Waals surface area contributed by atoms with E-state index in [-0.39, 0.29) is 18.1 Å². The maximum atomic E-state index is 14.2. The standard InChI is InChI=1S/C17H12ClF2N3O3/c1-9(25-13-7-6-12(19)15(14(13)20)21-8-24)17-22-16(23-26-17)10-2-4-11(18)5-3-10/h2-9H,1H3,(H,21,24). The summed E-state index contributed by atoms with van der Waals surface area (Å²) in [5, 5.41) is 6.37. The number of hydrogen-bond acceptors (Lipinski definition) is 5. The molecule has 1 atom stereocenters. The Bertz CT molecular complexity index is 932. The van der Waals surface area contributed by atoms with E-state index >= 15 is 0 Å². The van der Waals surface area contributed by atoms with Crippen LogP contribution in [0.15, 0.2) is 40.9 Å². The van der Waals surface area contributed by atoms with Gasteiger partial charge in [0.2, 0.25) is 12.2 Å².